The molecular weight excluding hydrogens is 240 g/mol. The Bertz CT molecular complexity index is 417. The molecule has 2 N–H and O–H groups in total. The summed E-state index contributed by atoms with van der Waals surface area (Å²) >= 11 is 0. The fraction of sp³-hybridized carbons (Fsp3) is 0.533. The van der Waals surface area contributed by atoms with E-state index in [1.807, 2.05) is 24.3 Å². The van der Waals surface area contributed by atoms with Crippen molar-refractivity contribution in [2.75, 3.05) is 26.7 Å². The molecule has 0 aromatic heterocycles. The van der Waals surface area contributed by atoms with Crippen LogP contribution in [-0.2, 0) is 11.2 Å². The van der Waals surface area contributed by atoms with Crippen LogP contribution in [0.1, 0.15) is 28.8 Å². The molecule has 0 aliphatic carbocycles. The molecule has 1 unspecified atom stereocenters. The molecule has 0 saturated carbocycles. The van der Waals surface area contributed by atoms with Gasteiger partial charge in [-0.3, -0.25) is 0 Å². The smallest absolute Gasteiger partial charge is 0.337 e. The molecule has 1 aliphatic heterocycles. The van der Waals surface area contributed by atoms with E-state index < -0.39 is 0 Å². The van der Waals surface area contributed by atoms with E-state index in [0.717, 1.165) is 32.5 Å². The third kappa shape index (κ3) is 4.04. The fourth-order valence-corrected chi connectivity index (χ4v) is 2.51. The van der Waals surface area contributed by atoms with E-state index in [-0.39, 0.29) is 5.97 Å². The molecule has 19 heavy (non-hydrogen) atoms. The van der Waals surface area contributed by atoms with E-state index in [4.69, 9.17) is 5.73 Å². The highest BCUT2D eigenvalue weighted by Crippen LogP contribution is 2.11. The van der Waals surface area contributed by atoms with Crippen LogP contribution in [0.15, 0.2) is 24.3 Å². The summed E-state index contributed by atoms with van der Waals surface area (Å²) in [5.41, 5.74) is 7.81. The van der Waals surface area contributed by atoms with E-state index in [1.165, 1.54) is 19.1 Å². The Morgan fingerprint density at radius 1 is 1.42 bits per heavy atom. The molecule has 1 atom stereocenters. The molecule has 1 aromatic rings. The van der Waals surface area contributed by atoms with E-state index in [9.17, 15) is 4.79 Å². The first-order valence-corrected chi connectivity index (χ1v) is 6.84. The Kier molecular flexibility index (Phi) is 4.93. The summed E-state index contributed by atoms with van der Waals surface area (Å²) in [4.78, 5) is 13.7. The second-order valence-corrected chi connectivity index (χ2v) is 5.14. The third-order valence-corrected chi connectivity index (χ3v) is 3.63. The number of piperidine rings is 1. The lowest BCUT2D eigenvalue weighted by molar-refractivity contribution is 0.0600. The van der Waals surface area contributed by atoms with E-state index >= 15 is 0 Å². The summed E-state index contributed by atoms with van der Waals surface area (Å²) in [5.74, 6) is -0.284. The Labute approximate surface area is 114 Å². The van der Waals surface area contributed by atoms with Crippen LogP contribution in [0.25, 0.3) is 0 Å². The molecule has 0 bridgehead atoms. The molecule has 1 saturated heterocycles. The number of ether oxygens (including phenoxy) is 1. The molecular formula is C15H22N2O2. The van der Waals surface area contributed by atoms with Gasteiger partial charge in [-0.25, -0.2) is 4.79 Å². The highest BCUT2D eigenvalue weighted by molar-refractivity contribution is 5.89. The van der Waals surface area contributed by atoms with Crippen molar-refractivity contribution in [3.63, 3.8) is 0 Å². The van der Waals surface area contributed by atoms with Crippen LogP contribution >= 0.6 is 0 Å². The zero-order valence-electron chi connectivity index (χ0n) is 11.5. The Hall–Kier alpha value is -1.39. The van der Waals surface area contributed by atoms with Crippen LogP contribution in [0, 0.1) is 0 Å². The maximum Gasteiger partial charge on any atom is 0.337 e. The average Bonchev–Trinajstić information content (AvgIpc) is 2.45. The van der Waals surface area contributed by atoms with E-state index in [2.05, 4.69) is 9.64 Å². The predicted molar refractivity (Wildman–Crippen MR) is 75.1 cm³/mol. The van der Waals surface area contributed by atoms with E-state index in [0.29, 0.717) is 11.6 Å². The maximum absolute atomic E-state index is 11.3. The lowest BCUT2D eigenvalue weighted by atomic mass is 10.0. The number of nitrogens with two attached hydrogens (primary N) is 1. The van der Waals surface area contributed by atoms with Gasteiger partial charge in [0.15, 0.2) is 0 Å². The van der Waals surface area contributed by atoms with Crippen molar-refractivity contribution in [2.45, 2.75) is 25.3 Å². The quantitative estimate of drug-likeness (QED) is 0.834. The van der Waals surface area contributed by atoms with Crippen molar-refractivity contribution in [3.05, 3.63) is 35.4 Å². The predicted octanol–water partition coefficient (Wildman–Crippen LogP) is 1.44. The number of benzene rings is 1. The van der Waals surface area contributed by atoms with Gasteiger partial charge in [0.2, 0.25) is 0 Å². The molecule has 1 aromatic carbocycles. The van der Waals surface area contributed by atoms with Gasteiger partial charge in [0.1, 0.15) is 0 Å². The largest absolute Gasteiger partial charge is 0.465 e. The summed E-state index contributed by atoms with van der Waals surface area (Å²) in [6.45, 7) is 3.18. The first-order chi connectivity index (χ1) is 9.19. The first kappa shape index (κ1) is 14.0. The van der Waals surface area contributed by atoms with Gasteiger partial charge in [-0.1, -0.05) is 12.1 Å². The Morgan fingerprint density at radius 2 is 2.16 bits per heavy atom. The summed E-state index contributed by atoms with van der Waals surface area (Å²) in [7, 11) is 1.40. The van der Waals surface area contributed by atoms with Gasteiger partial charge < -0.3 is 15.4 Å². The van der Waals surface area contributed by atoms with Crippen LogP contribution in [-0.4, -0.2) is 43.7 Å². The van der Waals surface area contributed by atoms with Crippen molar-refractivity contribution in [2.24, 2.45) is 5.73 Å². The topological polar surface area (TPSA) is 55.6 Å². The molecule has 0 spiro atoms. The number of carbonyl (C=O) groups excluding carboxylic acids is 1. The van der Waals surface area contributed by atoms with Gasteiger partial charge in [-0.05, 0) is 43.5 Å². The molecule has 1 heterocycles. The summed E-state index contributed by atoms with van der Waals surface area (Å²) in [6, 6.07) is 7.97. The second-order valence-electron chi connectivity index (χ2n) is 5.14. The van der Waals surface area contributed by atoms with Crippen LogP contribution in [0.3, 0.4) is 0 Å². The van der Waals surface area contributed by atoms with E-state index in [1.54, 1.807) is 0 Å². The molecule has 4 nitrogen and oxygen atoms in total. The monoisotopic (exact) mass is 262 g/mol. The van der Waals surface area contributed by atoms with Gasteiger partial charge in [0, 0.05) is 19.1 Å². The van der Waals surface area contributed by atoms with Gasteiger partial charge in [0.05, 0.1) is 12.7 Å². The highest BCUT2D eigenvalue weighted by Gasteiger charge is 2.15. The van der Waals surface area contributed by atoms with Crippen LogP contribution in [0.5, 0.6) is 0 Å². The van der Waals surface area contributed by atoms with Crippen molar-refractivity contribution in [1.82, 2.24) is 4.90 Å². The number of esters is 1. The second kappa shape index (κ2) is 6.68. The molecule has 4 heteroatoms. The first-order valence-electron chi connectivity index (χ1n) is 6.84. The molecule has 0 amide bonds. The molecule has 0 radical (unpaired) electrons. The summed E-state index contributed by atoms with van der Waals surface area (Å²) in [5, 5.41) is 0. The fourth-order valence-electron chi connectivity index (χ4n) is 2.51. The highest BCUT2D eigenvalue weighted by atomic mass is 16.5. The van der Waals surface area contributed by atoms with Crippen molar-refractivity contribution < 1.29 is 9.53 Å². The Balaban J connectivity index is 1.84. The lowest BCUT2D eigenvalue weighted by Gasteiger charge is -2.30. The van der Waals surface area contributed by atoms with Gasteiger partial charge >= 0.3 is 5.97 Å². The molecule has 1 aliphatic rings. The van der Waals surface area contributed by atoms with Crippen LogP contribution in [0.2, 0.25) is 0 Å². The summed E-state index contributed by atoms with van der Waals surface area (Å²) < 4.78 is 4.68. The Morgan fingerprint density at radius 3 is 2.79 bits per heavy atom. The standard InChI is InChI=1S/C15H22N2O2/c1-19-15(18)13-6-4-12(5-7-13)8-10-17-9-2-3-14(16)11-17/h4-7,14H,2-3,8-11,16H2,1H3. The number of carbonyl (C=O) groups is 1. The number of hydrogen-bond acceptors (Lipinski definition) is 4. The van der Waals surface area contributed by atoms with Crippen molar-refractivity contribution in [3.8, 4) is 0 Å². The molecule has 2 rings (SSSR count). The number of likely N-dealkylation sites (tertiary alicyclic amines) is 1. The third-order valence-electron chi connectivity index (χ3n) is 3.63. The minimum Gasteiger partial charge on any atom is -0.465 e. The number of nitrogens with zero attached hydrogens (tertiary/aromatic N) is 1. The number of hydrogen-bond donors (Lipinski definition) is 1. The molecule has 1 fully saturated rings. The number of methoxy groups -OCH3 is 1. The normalized spacial score (nSPS) is 20.2. The summed E-state index contributed by atoms with van der Waals surface area (Å²) in [6.07, 6.45) is 3.33. The van der Waals surface area contributed by atoms with Crippen molar-refractivity contribution in [1.29, 1.82) is 0 Å². The van der Waals surface area contributed by atoms with Gasteiger partial charge in [0.25, 0.3) is 0 Å². The van der Waals surface area contributed by atoms with Crippen molar-refractivity contribution >= 4 is 5.97 Å². The minimum atomic E-state index is -0.284. The zero-order valence-corrected chi connectivity index (χ0v) is 11.5. The van der Waals surface area contributed by atoms with Crippen LogP contribution < -0.4 is 5.73 Å². The zero-order chi connectivity index (χ0) is 13.7. The van der Waals surface area contributed by atoms with Crippen LogP contribution in [0.4, 0.5) is 0 Å². The van der Waals surface area contributed by atoms with Gasteiger partial charge in [-0.2, -0.15) is 0 Å². The molecule has 104 valence electrons. The van der Waals surface area contributed by atoms with Gasteiger partial charge in [-0.15, -0.1) is 0 Å². The lowest BCUT2D eigenvalue weighted by Crippen LogP contribution is -2.43. The average molecular weight is 262 g/mol. The minimum absolute atomic E-state index is 0.284. The maximum atomic E-state index is 11.3. The SMILES string of the molecule is COC(=O)c1ccc(CCN2CCCC(N)C2)cc1. The number of rotatable bonds is 4.